The molecule has 18 heavy (non-hydrogen) atoms. The average molecular weight is 257 g/mol. The van der Waals surface area contributed by atoms with Crippen molar-refractivity contribution < 1.29 is 0 Å². The zero-order valence-electron chi connectivity index (χ0n) is 9.74. The molecule has 3 aromatic rings. The molecule has 90 valence electrons. The van der Waals surface area contributed by atoms with Gasteiger partial charge in [0.05, 0.1) is 11.4 Å². The summed E-state index contributed by atoms with van der Waals surface area (Å²) in [5, 5.41) is 9.33. The number of aromatic nitrogens is 4. The molecule has 0 aliphatic carbocycles. The lowest BCUT2D eigenvalue weighted by Crippen LogP contribution is -2.01. The van der Waals surface area contributed by atoms with Gasteiger partial charge < -0.3 is 5.73 Å². The van der Waals surface area contributed by atoms with Crippen LogP contribution in [0.2, 0.25) is 0 Å². The molecule has 5 nitrogen and oxygen atoms in total. The van der Waals surface area contributed by atoms with Crippen molar-refractivity contribution in [3.05, 3.63) is 42.1 Å². The van der Waals surface area contributed by atoms with E-state index < -0.39 is 0 Å². The van der Waals surface area contributed by atoms with Gasteiger partial charge in [0.25, 0.3) is 0 Å². The third-order valence-electron chi connectivity index (χ3n) is 2.63. The fraction of sp³-hybridized carbons (Fsp3) is 0.0833. The summed E-state index contributed by atoms with van der Waals surface area (Å²) in [6.45, 7) is 1.89. The van der Waals surface area contributed by atoms with Crippen molar-refractivity contribution in [3.63, 3.8) is 0 Å². The number of nitrogen functional groups attached to an aromatic ring is 1. The van der Waals surface area contributed by atoms with Gasteiger partial charge in [-0.1, -0.05) is 34.8 Å². The van der Waals surface area contributed by atoms with Gasteiger partial charge in [-0.15, -0.1) is 5.10 Å². The number of nitrogens with zero attached hydrogens (tertiary/aromatic N) is 4. The minimum atomic E-state index is 0.586. The van der Waals surface area contributed by atoms with Crippen LogP contribution >= 0.6 is 11.5 Å². The van der Waals surface area contributed by atoms with Crippen LogP contribution in [0.25, 0.3) is 16.3 Å². The number of aryl methyl sites for hydroxylation is 1. The summed E-state index contributed by atoms with van der Waals surface area (Å²) in [7, 11) is 0. The summed E-state index contributed by atoms with van der Waals surface area (Å²) in [6, 6.07) is 11.8. The van der Waals surface area contributed by atoms with Crippen LogP contribution in [0.5, 0.6) is 0 Å². The number of hydrogen-bond donors (Lipinski definition) is 1. The molecular weight excluding hydrogens is 246 g/mol. The lowest BCUT2D eigenvalue weighted by atomic mass is 10.2. The number of nitrogens with two attached hydrogens (primary N) is 1. The second-order valence-corrected chi connectivity index (χ2v) is 4.63. The SMILES string of the molecule is Cc1nnsc1-n1nc(-c2ccccc2)cc1N. The molecule has 2 N–H and O–H groups in total. The molecule has 0 fully saturated rings. The van der Waals surface area contributed by atoms with E-state index in [2.05, 4.69) is 14.7 Å². The van der Waals surface area contributed by atoms with E-state index in [-0.39, 0.29) is 0 Å². The lowest BCUT2D eigenvalue weighted by Gasteiger charge is -1.99. The second-order valence-electron chi connectivity index (χ2n) is 3.90. The Morgan fingerprint density at radius 3 is 2.67 bits per heavy atom. The first kappa shape index (κ1) is 10.9. The van der Waals surface area contributed by atoms with E-state index in [1.807, 2.05) is 43.3 Å². The van der Waals surface area contributed by atoms with Gasteiger partial charge in [0.15, 0.2) is 5.00 Å². The Morgan fingerprint density at radius 1 is 1.22 bits per heavy atom. The highest BCUT2D eigenvalue weighted by Crippen LogP contribution is 2.25. The van der Waals surface area contributed by atoms with Crippen molar-refractivity contribution in [2.75, 3.05) is 5.73 Å². The first-order valence-corrected chi connectivity index (χ1v) is 6.23. The highest BCUT2D eigenvalue weighted by molar-refractivity contribution is 7.08. The van der Waals surface area contributed by atoms with Crippen LogP contribution in [0.3, 0.4) is 0 Å². The summed E-state index contributed by atoms with van der Waals surface area (Å²) in [5.41, 5.74) is 8.71. The molecular formula is C12H11N5S. The van der Waals surface area contributed by atoms with E-state index in [1.165, 1.54) is 11.5 Å². The quantitative estimate of drug-likeness (QED) is 0.764. The van der Waals surface area contributed by atoms with Crippen LogP contribution in [-0.4, -0.2) is 19.4 Å². The topological polar surface area (TPSA) is 69.6 Å². The van der Waals surface area contributed by atoms with Crippen molar-refractivity contribution >= 4 is 17.4 Å². The van der Waals surface area contributed by atoms with Crippen LogP contribution in [0, 0.1) is 6.92 Å². The molecule has 0 atom stereocenters. The molecule has 2 heterocycles. The van der Waals surface area contributed by atoms with Crippen molar-refractivity contribution in [2.24, 2.45) is 0 Å². The molecule has 6 heteroatoms. The summed E-state index contributed by atoms with van der Waals surface area (Å²) in [4.78, 5) is 0. The summed E-state index contributed by atoms with van der Waals surface area (Å²) in [6.07, 6.45) is 0. The van der Waals surface area contributed by atoms with Crippen LogP contribution in [0.15, 0.2) is 36.4 Å². The Hall–Kier alpha value is -2.21. The Labute approximate surface area is 108 Å². The van der Waals surface area contributed by atoms with Crippen LogP contribution in [-0.2, 0) is 0 Å². The Kier molecular flexibility index (Phi) is 2.56. The monoisotopic (exact) mass is 257 g/mol. The van der Waals surface area contributed by atoms with Gasteiger partial charge in [0.2, 0.25) is 0 Å². The molecule has 0 saturated carbocycles. The molecule has 0 unspecified atom stereocenters. The average Bonchev–Trinajstić information content (AvgIpc) is 2.96. The number of anilines is 1. The summed E-state index contributed by atoms with van der Waals surface area (Å²) < 4.78 is 5.58. The van der Waals surface area contributed by atoms with Gasteiger partial charge in [0.1, 0.15) is 5.82 Å². The Balaban J connectivity index is 2.10. The number of rotatable bonds is 2. The molecule has 2 aromatic heterocycles. The van der Waals surface area contributed by atoms with Crippen LogP contribution in [0.1, 0.15) is 5.69 Å². The van der Waals surface area contributed by atoms with E-state index in [4.69, 9.17) is 5.73 Å². The third-order valence-corrected chi connectivity index (χ3v) is 3.43. The maximum Gasteiger partial charge on any atom is 0.163 e. The smallest absolute Gasteiger partial charge is 0.163 e. The van der Waals surface area contributed by atoms with Gasteiger partial charge in [-0.3, -0.25) is 0 Å². The molecule has 0 aliphatic heterocycles. The standard InChI is InChI=1S/C12H11N5S/c1-8-12(18-16-14-8)17-11(13)7-10(15-17)9-5-3-2-4-6-9/h2-7H,13H2,1H3. The Morgan fingerprint density at radius 2 is 2.00 bits per heavy atom. The third kappa shape index (κ3) is 1.76. The summed E-state index contributed by atoms with van der Waals surface area (Å²) in [5.74, 6) is 0.586. The number of hydrogen-bond acceptors (Lipinski definition) is 5. The van der Waals surface area contributed by atoms with Gasteiger partial charge in [-0.05, 0) is 6.92 Å². The van der Waals surface area contributed by atoms with Gasteiger partial charge in [-0.2, -0.15) is 5.10 Å². The van der Waals surface area contributed by atoms with E-state index in [9.17, 15) is 0 Å². The minimum Gasteiger partial charge on any atom is -0.384 e. The molecule has 0 saturated heterocycles. The largest absolute Gasteiger partial charge is 0.384 e. The minimum absolute atomic E-state index is 0.586. The predicted molar refractivity (Wildman–Crippen MR) is 71.6 cm³/mol. The zero-order chi connectivity index (χ0) is 12.5. The fourth-order valence-corrected chi connectivity index (χ4v) is 2.37. The van der Waals surface area contributed by atoms with Crippen molar-refractivity contribution in [1.29, 1.82) is 0 Å². The van der Waals surface area contributed by atoms with E-state index in [1.54, 1.807) is 4.68 Å². The van der Waals surface area contributed by atoms with Crippen molar-refractivity contribution in [3.8, 4) is 16.3 Å². The van der Waals surface area contributed by atoms with Crippen molar-refractivity contribution in [1.82, 2.24) is 19.4 Å². The normalized spacial score (nSPS) is 10.7. The van der Waals surface area contributed by atoms with E-state index in [0.29, 0.717) is 5.82 Å². The second kappa shape index (κ2) is 4.23. The molecule has 0 radical (unpaired) electrons. The highest BCUT2D eigenvalue weighted by Gasteiger charge is 2.12. The molecule has 0 spiro atoms. The maximum atomic E-state index is 5.99. The van der Waals surface area contributed by atoms with E-state index >= 15 is 0 Å². The molecule has 0 aliphatic rings. The zero-order valence-corrected chi connectivity index (χ0v) is 10.6. The Bertz CT molecular complexity index is 671. The fourth-order valence-electron chi connectivity index (χ4n) is 1.73. The van der Waals surface area contributed by atoms with Gasteiger partial charge in [-0.25, -0.2) is 4.68 Å². The van der Waals surface area contributed by atoms with Gasteiger partial charge >= 0.3 is 0 Å². The highest BCUT2D eigenvalue weighted by atomic mass is 32.1. The predicted octanol–water partition coefficient (Wildman–Crippen LogP) is 2.28. The molecule has 3 rings (SSSR count). The maximum absolute atomic E-state index is 5.99. The van der Waals surface area contributed by atoms with Gasteiger partial charge in [0, 0.05) is 23.2 Å². The van der Waals surface area contributed by atoms with Crippen LogP contribution < -0.4 is 5.73 Å². The lowest BCUT2D eigenvalue weighted by molar-refractivity contribution is 0.896. The van der Waals surface area contributed by atoms with Crippen LogP contribution in [0.4, 0.5) is 5.82 Å². The number of benzene rings is 1. The molecule has 0 bridgehead atoms. The molecule has 1 aromatic carbocycles. The van der Waals surface area contributed by atoms with Crippen molar-refractivity contribution in [2.45, 2.75) is 6.92 Å². The molecule has 0 amide bonds. The first-order chi connectivity index (χ1) is 8.75. The van der Waals surface area contributed by atoms with E-state index in [0.717, 1.165) is 22.0 Å². The summed E-state index contributed by atoms with van der Waals surface area (Å²) >= 11 is 1.28. The first-order valence-electron chi connectivity index (χ1n) is 5.46.